The number of halogens is 4. The Morgan fingerprint density at radius 3 is 2.70 bits per heavy atom. The standard InChI is InChI=1S/C19H15F3IN5OS/c1-18(2,27-10-5-3-4-9(23)6-10)16(29)26-17-25-14-12(19(20,21)22)7-13-11(8-24-28-13)15(14)30-17/h3-8,27H,1-2H3,(H,24,28)(H,25,26,29). The minimum atomic E-state index is -4.59. The molecule has 0 aliphatic rings. The molecule has 30 heavy (non-hydrogen) atoms. The molecule has 2 aromatic carbocycles. The first-order valence-corrected chi connectivity index (χ1v) is 10.6. The Kier molecular flexibility index (Phi) is 5.12. The molecule has 6 nitrogen and oxygen atoms in total. The van der Waals surface area contributed by atoms with E-state index in [9.17, 15) is 18.0 Å². The van der Waals surface area contributed by atoms with Crippen LogP contribution in [0, 0.1) is 3.57 Å². The maximum absolute atomic E-state index is 13.5. The van der Waals surface area contributed by atoms with Gasteiger partial charge in [0.25, 0.3) is 5.91 Å². The molecule has 0 aliphatic carbocycles. The van der Waals surface area contributed by atoms with Crippen molar-refractivity contribution in [2.45, 2.75) is 25.6 Å². The molecule has 0 unspecified atom stereocenters. The Labute approximate surface area is 186 Å². The van der Waals surface area contributed by atoms with Gasteiger partial charge in [-0.3, -0.25) is 15.2 Å². The summed E-state index contributed by atoms with van der Waals surface area (Å²) in [5.41, 5.74) is -1.09. The number of rotatable bonds is 4. The van der Waals surface area contributed by atoms with Crippen molar-refractivity contribution in [3.8, 4) is 0 Å². The maximum atomic E-state index is 13.5. The highest BCUT2D eigenvalue weighted by atomic mass is 127. The second-order valence-electron chi connectivity index (χ2n) is 7.16. The molecule has 4 rings (SSSR count). The number of H-pyrrole nitrogens is 1. The van der Waals surface area contributed by atoms with E-state index in [1.807, 2.05) is 24.3 Å². The van der Waals surface area contributed by atoms with Crippen molar-refractivity contribution in [2.24, 2.45) is 0 Å². The number of amides is 1. The fourth-order valence-corrected chi connectivity index (χ4v) is 4.53. The van der Waals surface area contributed by atoms with Crippen molar-refractivity contribution in [3.05, 3.63) is 45.7 Å². The number of aromatic amines is 1. The van der Waals surface area contributed by atoms with E-state index in [-0.39, 0.29) is 16.2 Å². The molecule has 0 saturated carbocycles. The highest BCUT2D eigenvalue weighted by molar-refractivity contribution is 14.1. The van der Waals surface area contributed by atoms with Gasteiger partial charge in [0.05, 0.1) is 27.5 Å². The van der Waals surface area contributed by atoms with Crippen LogP contribution in [0.25, 0.3) is 21.1 Å². The SMILES string of the molecule is CC(C)(Nc1cccc(I)c1)C(=O)Nc1nc2c(C(F)(F)F)cc3[nH]ncc3c2s1. The molecule has 0 atom stereocenters. The number of hydrogen-bond acceptors (Lipinski definition) is 5. The Bertz CT molecular complexity index is 1260. The number of nitrogens with zero attached hydrogens (tertiary/aromatic N) is 2. The van der Waals surface area contributed by atoms with Crippen molar-refractivity contribution < 1.29 is 18.0 Å². The Hall–Kier alpha value is -2.41. The number of thiazole rings is 1. The molecule has 4 aromatic rings. The van der Waals surface area contributed by atoms with E-state index in [2.05, 4.69) is 48.4 Å². The summed E-state index contributed by atoms with van der Waals surface area (Å²) in [7, 11) is 0. The second-order valence-corrected chi connectivity index (χ2v) is 9.41. The zero-order valence-electron chi connectivity index (χ0n) is 15.7. The van der Waals surface area contributed by atoms with Crippen molar-refractivity contribution in [1.29, 1.82) is 0 Å². The van der Waals surface area contributed by atoms with Gasteiger partial charge in [0.1, 0.15) is 5.54 Å². The van der Waals surface area contributed by atoms with Crippen LogP contribution in [0.5, 0.6) is 0 Å². The van der Waals surface area contributed by atoms with Crippen LogP contribution in [0.3, 0.4) is 0 Å². The summed E-state index contributed by atoms with van der Waals surface area (Å²) in [5.74, 6) is -0.419. The average molecular weight is 545 g/mol. The number of aromatic nitrogens is 3. The quantitative estimate of drug-likeness (QED) is 0.291. The van der Waals surface area contributed by atoms with Gasteiger partial charge in [-0.1, -0.05) is 17.4 Å². The number of carbonyl (C=O) groups excluding carboxylic acids is 1. The predicted molar refractivity (Wildman–Crippen MR) is 120 cm³/mol. The van der Waals surface area contributed by atoms with Gasteiger partial charge in [-0.2, -0.15) is 18.3 Å². The molecule has 0 aliphatic heterocycles. The van der Waals surface area contributed by atoms with E-state index in [4.69, 9.17) is 0 Å². The predicted octanol–water partition coefficient (Wildman–Crippen LogP) is 5.63. The molecular weight excluding hydrogens is 530 g/mol. The minimum absolute atomic E-state index is 0.0896. The second kappa shape index (κ2) is 7.38. The van der Waals surface area contributed by atoms with Crippen molar-refractivity contribution in [3.63, 3.8) is 0 Å². The van der Waals surface area contributed by atoms with Crippen LogP contribution in [-0.2, 0) is 11.0 Å². The first-order chi connectivity index (χ1) is 14.0. The molecule has 0 fully saturated rings. The van der Waals surface area contributed by atoms with Crippen LogP contribution in [0.2, 0.25) is 0 Å². The average Bonchev–Trinajstić information content (AvgIpc) is 3.25. The number of carbonyl (C=O) groups is 1. The molecular formula is C19H15F3IN5OS. The summed E-state index contributed by atoms with van der Waals surface area (Å²) in [5, 5.41) is 12.8. The number of anilines is 2. The van der Waals surface area contributed by atoms with Crippen LogP contribution >= 0.6 is 33.9 Å². The summed E-state index contributed by atoms with van der Waals surface area (Å²) in [6.45, 7) is 3.37. The molecule has 11 heteroatoms. The number of hydrogen-bond donors (Lipinski definition) is 3. The molecule has 156 valence electrons. The lowest BCUT2D eigenvalue weighted by Crippen LogP contribution is -2.44. The number of fused-ring (bicyclic) bond motifs is 3. The lowest BCUT2D eigenvalue weighted by Gasteiger charge is -2.25. The zero-order valence-corrected chi connectivity index (χ0v) is 18.7. The normalized spacial score (nSPS) is 12.5. The largest absolute Gasteiger partial charge is 0.418 e. The third-order valence-corrected chi connectivity index (χ3v) is 6.13. The molecule has 3 N–H and O–H groups in total. The summed E-state index contributed by atoms with van der Waals surface area (Å²) < 4.78 is 41.9. The van der Waals surface area contributed by atoms with Crippen molar-refractivity contribution in [1.82, 2.24) is 15.2 Å². The van der Waals surface area contributed by atoms with Gasteiger partial charge in [0.15, 0.2) is 5.13 Å². The summed E-state index contributed by atoms with van der Waals surface area (Å²) in [6.07, 6.45) is -3.14. The Morgan fingerprint density at radius 1 is 1.23 bits per heavy atom. The van der Waals surface area contributed by atoms with Gasteiger partial charge in [-0.15, -0.1) is 0 Å². The van der Waals surface area contributed by atoms with Crippen LogP contribution < -0.4 is 10.6 Å². The van der Waals surface area contributed by atoms with Gasteiger partial charge >= 0.3 is 6.18 Å². The molecule has 0 saturated heterocycles. The van der Waals surface area contributed by atoms with Crippen LogP contribution in [0.4, 0.5) is 24.0 Å². The van der Waals surface area contributed by atoms with E-state index < -0.39 is 23.2 Å². The third-order valence-electron chi connectivity index (χ3n) is 4.46. The minimum Gasteiger partial charge on any atom is -0.372 e. The lowest BCUT2D eigenvalue weighted by molar-refractivity contribution is -0.136. The first-order valence-electron chi connectivity index (χ1n) is 8.73. The van der Waals surface area contributed by atoms with Crippen molar-refractivity contribution >= 4 is 71.8 Å². The molecule has 0 spiro atoms. The first kappa shape index (κ1) is 20.8. The number of alkyl halides is 3. The summed E-state index contributed by atoms with van der Waals surface area (Å²) in [4.78, 5) is 16.9. The van der Waals surface area contributed by atoms with Gasteiger partial charge in [-0.05, 0) is 60.7 Å². The molecule has 2 aromatic heterocycles. The summed E-state index contributed by atoms with van der Waals surface area (Å²) in [6, 6.07) is 8.49. The molecule has 0 radical (unpaired) electrons. The van der Waals surface area contributed by atoms with E-state index in [1.165, 1.54) is 6.20 Å². The van der Waals surface area contributed by atoms with E-state index in [1.54, 1.807) is 13.8 Å². The Morgan fingerprint density at radius 2 is 2.00 bits per heavy atom. The number of benzene rings is 2. The molecule has 2 heterocycles. The van der Waals surface area contributed by atoms with Crippen LogP contribution in [0.15, 0.2) is 36.5 Å². The van der Waals surface area contributed by atoms with E-state index in [0.717, 1.165) is 26.7 Å². The maximum Gasteiger partial charge on any atom is 0.418 e. The van der Waals surface area contributed by atoms with E-state index >= 15 is 0 Å². The van der Waals surface area contributed by atoms with E-state index in [0.29, 0.717) is 10.1 Å². The number of nitrogens with one attached hydrogen (secondary N) is 3. The van der Waals surface area contributed by atoms with Gasteiger partial charge in [0.2, 0.25) is 0 Å². The third kappa shape index (κ3) is 3.95. The van der Waals surface area contributed by atoms with Gasteiger partial charge in [0, 0.05) is 14.6 Å². The lowest BCUT2D eigenvalue weighted by atomic mass is 10.0. The Balaban J connectivity index is 1.67. The highest BCUT2D eigenvalue weighted by Gasteiger charge is 2.36. The zero-order chi connectivity index (χ0) is 21.7. The monoisotopic (exact) mass is 545 g/mol. The smallest absolute Gasteiger partial charge is 0.372 e. The van der Waals surface area contributed by atoms with Gasteiger partial charge < -0.3 is 5.32 Å². The topological polar surface area (TPSA) is 82.7 Å². The fraction of sp³-hybridized carbons (Fsp3) is 0.211. The van der Waals surface area contributed by atoms with Crippen LogP contribution in [0.1, 0.15) is 19.4 Å². The fourth-order valence-electron chi connectivity index (χ4n) is 2.99. The summed E-state index contributed by atoms with van der Waals surface area (Å²) >= 11 is 3.15. The van der Waals surface area contributed by atoms with Gasteiger partial charge in [-0.25, -0.2) is 4.98 Å². The van der Waals surface area contributed by atoms with Crippen molar-refractivity contribution in [2.75, 3.05) is 10.6 Å². The molecule has 0 bridgehead atoms. The van der Waals surface area contributed by atoms with Crippen LogP contribution in [-0.4, -0.2) is 26.6 Å². The highest BCUT2D eigenvalue weighted by Crippen LogP contribution is 2.41. The molecule has 1 amide bonds.